The maximum Gasteiger partial charge on any atom is 0.240 e. The minimum absolute atomic E-state index is 0.0680. The largest absolute Gasteiger partial charge is 0.392 e. The van der Waals surface area contributed by atoms with Crippen LogP contribution in [0.4, 0.5) is 0 Å². The number of aliphatic hydroxyl groups is 2. The molecule has 154 valence electrons. The lowest BCUT2D eigenvalue weighted by atomic mass is 10.1. The van der Waals surface area contributed by atoms with Crippen LogP contribution in [0.2, 0.25) is 0 Å². The van der Waals surface area contributed by atoms with Gasteiger partial charge < -0.3 is 10.2 Å². The Hall–Kier alpha value is -1.82. The molecule has 28 heavy (non-hydrogen) atoms. The molecular weight excluding hydrogens is 404 g/mol. The molecule has 0 bridgehead atoms. The summed E-state index contributed by atoms with van der Waals surface area (Å²) in [6, 6.07) is 12.2. The highest BCUT2D eigenvalue weighted by Gasteiger charge is 2.16. The number of hydrogen-bond acceptors (Lipinski definition) is 6. The topological polar surface area (TPSA) is 133 Å². The minimum Gasteiger partial charge on any atom is -0.392 e. The Balaban J connectivity index is 2.16. The van der Waals surface area contributed by atoms with Gasteiger partial charge in [0, 0.05) is 13.1 Å². The van der Waals surface area contributed by atoms with Crippen molar-refractivity contribution >= 4 is 20.0 Å². The molecule has 0 fully saturated rings. The zero-order chi connectivity index (χ0) is 20.9. The second-order valence-corrected chi connectivity index (χ2v) is 9.98. The molecule has 2 aromatic rings. The zero-order valence-corrected chi connectivity index (χ0v) is 17.2. The summed E-state index contributed by atoms with van der Waals surface area (Å²) in [5.41, 5.74) is 1.44. The highest BCUT2D eigenvalue weighted by molar-refractivity contribution is 7.89. The van der Waals surface area contributed by atoms with Crippen LogP contribution in [0.3, 0.4) is 0 Å². The smallest absolute Gasteiger partial charge is 0.240 e. The number of aliphatic hydroxyl groups excluding tert-OH is 2. The predicted octanol–water partition coefficient (Wildman–Crippen LogP) is 0.672. The van der Waals surface area contributed by atoms with Gasteiger partial charge in [-0.05, 0) is 49.2 Å². The number of rotatable bonds is 9. The van der Waals surface area contributed by atoms with E-state index in [2.05, 4.69) is 9.44 Å². The van der Waals surface area contributed by atoms with E-state index in [0.717, 1.165) is 11.1 Å². The third kappa shape index (κ3) is 6.09. The van der Waals surface area contributed by atoms with Crippen LogP contribution < -0.4 is 9.44 Å². The van der Waals surface area contributed by atoms with Gasteiger partial charge in [-0.3, -0.25) is 0 Å². The Labute approximate surface area is 165 Å². The van der Waals surface area contributed by atoms with Crippen molar-refractivity contribution in [3.8, 4) is 11.1 Å². The molecule has 2 unspecified atom stereocenters. The molecule has 4 N–H and O–H groups in total. The van der Waals surface area contributed by atoms with Crippen molar-refractivity contribution in [3.05, 3.63) is 48.5 Å². The first-order valence-electron chi connectivity index (χ1n) is 8.57. The Morgan fingerprint density at radius 2 is 0.964 bits per heavy atom. The third-order valence-electron chi connectivity index (χ3n) is 3.80. The molecule has 0 aromatic heterocycles. The van der Waals surface area contributed by atoms with Crippen molar-refractivity contribution in [1.82, 2.24) is 9.44 Å². The first-order chi connectivity index (χ1) is 13.0. The van der Waals surface area contributed by atoms with Crippen LogP contribution in [0, 0.1) is 0 Å². The monoisotopic (exact) mass is 428 g/mol. The molecule has 0 heterocycles. The lowest BCUT2D eigenvalue weighted by Crippen LogP contribution is -2.30. The summed E-state index contributed by atoms with van der Waals surface area (Å²) >= 11 is 0. The molecule has 0 saturated carbocycles. The summed E-state index contributed by atoms with van der Waals surface area (Å²) in [6.45, 7) is 2.80. The molecule has 0 aliphatic rings. The molecule has 0 radical (unpaired) electrons. The normalized spacial score (nSPS) is 14.6. The van der Waals surface area contributed by atoms with Gasteiger partial charge in [0.25, 0.3) is 0 Å². The average Bonchev–Trinajstić information content (AvgIpc) is 2.65. The standard InChI is InChI=1S/C18H24N2O6S2/c1-13(21)11-19-27(23,24)17-7-3-15(4-8-17)16-5-9-18(10-6-16)28(25,26)20-12-14(2)22/h3-10,13-14,19-22H,11-12H2,1-2H3. The van der Waals surface area contributed by atoms with Crippen molar-refractivity contribution in [3.63, 3.8) is 0 Å². The summed E-state index contributed by atoms with van der Waals surface area (Å²) in [5.74, 6) is 0. The molecule has 10 heteroatoms. The van der Waals surface area contributed by atoms with Gasteiger partial charge in [-0.1, -0.05) is 24.3 Å². The van der Waals surface area contributed by atoms with Crippen molar-refractivity contribution in [2.75, 3.05) is 13.1 Å². The Morgan fingerprint density at radius 1 is 0.679 bits per heavy atom. The molecular formula is C18H24N2O6S2. The van der Waals surface area contributed by atoms with E-state index in [1.807, 2.05) is 0 Å². The van der Waals surface area contributed by atoms with Crippen LogP contribution in [0.5, 0.6) is 0 Å². The van der Waals surface area contributed by atoms with Gasteiger partial charge >= 0.3 is 0 Å². The SMILES string of the molecule is CC(O)CNS(=O)(=O)c1ccc(-c2ccc(S(=O)(=O)NCC(C)O)cc2)cc1. The molecule has 2 aromatic carbocycles. The number of sulfonamides is 2. The van der Waals surface area contributed by atoms with Gasteiger partial charge in [-0.25, -0.2) is 26.3 Å². The summed E-state index contributed by atoms with van der Waals surface area (Å²) < 4.78 is 53.2. The van der Waals surface area contributed by atoms with Crippen molar-refractivity contribution in [2.45, 2.75) is 35.8 Å². The number of benzene rings is 2. The van der Waals surface area contributed by atoms with E-state index in [1.165, 1.54) is 38.1 Å². The Kier molecular flexibility index (Phi) is 7.32. The quantitative estimate of drug-likeness (QED) is 0.464. The second-order valence-electron chi connectivity index (χ2n) is 6.45. The summed E-state index contributed by atoms with van der Waals surface area (Å²) in [5, 5.41) is 18.4. The van der Waals surface area contributed by atoms with Gasteiger partial charge in [-0.15, -0.1) is 0 Å². The summed E-state index contributed by atoms with van der Waals surface area (Å²) in [7, 11) is -7.42. The fraction of sp³-hybridized carbons (Fsp3) is 0.333. The van der Waals surface area contributed by atoms with Gasteiger partial charge in [0.05, 0.1) is 22.0 Å². The first-order valence-corrected chi connectivity index (χ1v) is 11.5. The molecule has 0 saturated heterocycles. The Morgan fingerprint density at radius 3 is 1.21 bits per heavy atom. The summed E-state index contributed by atoms with van der Waals surface area (Å²) in [6.07, 6.45) is -1.59. The first kappa shape index (κ1) is 22.5. The van der Waals surface area contributed by atoms with E-state index in [4.69, 9.17) is 0 Å². The van der Waals surface area contributed by atoms with Crippen molar-refractivity contribution in [2.24, 2.45) is 0 Å². The molecule has 2 atom stereocenters. The van der Waals surface area contributed by atoms with E-state index in [9.17, 15) is 27.0 Å². The molecule has 2 rings (SSSR count). The molecule has 0 spiro atoms. The third-order valence-corrected chi connectivity index (χ3v) is 6.68. The van der Waals surface area contributed by atoms with E-state index in [1.54, 1.807) is 24.3 Å². The molecule has 0 aliphatic carbocycles. The van der Waals surface area contributed by atoms with Crippen molar-refractivity contribution in [1.29, 1.82) is 0 Å². The van der Waals surface area contributed by atoms with Crippen LogP contribution in [0.15, 0.2) is 58.3 Å². The maximum absolute atomic E-state index is 12.1. The highest BCUT2D eigenvalue weighted by atomic mass is 32.2. The van der Waals surface area contributed by atoms with Crippen LogP contribution >= 0.6 is 0 Å². The fourth-order valence-corrected chi connectivity index (χ4v) is 4.52. The molecule has 0 amide bonds. The zero-order valence-electron chi connectivity index (χ0n) is 15.5. The van der Waals surface area contributed by atoms with Gasteiger partial charge in [-0.2, -0.15) is 0 Å². The number of hydrogen-bond donors (Lipinski definition) is 4. The van der Waals surface area contributed by atoms with E-state index in [-0.39, 0.29) is 22.9 Å². The van der Waals surface area contributed by atoms with Crippen LogP contribution in [-0.2, 0) is 20.0 Å². The maximum atomic E-state index is 12.1. The molecule has 0 aliphatic heterocycles. The van der Waals surface area contributed by atoms with Crippen LogP contribution in [0.1, 0.15) is 13.8 Å². The lowest BCUT2D eigenvalue weighted by Gasteiger charge is -2.10. The predicted molar refractivity (Wildman–Crippen MR) is 106 cm³/mol. The van der Waals surface area contributed by atoms with Crippen LogP contribution in [-0.4, -0.2) is 52.3 Å². The lowest BCUT2D eigenvalue weighted by molar-refractivity contribution is 0.198. The van der Waals surface area contributed by atoms with Gasteiger partial charge in [0.2, 0.25) is 20.0 Å². The van der Waals surface area contributed by atoms with E-state index >= 15 is 0 Å². The molecule has 8 nitrogen and oxygen atoms in total. The van der Waals surface area contributed by atoms with Gasteiger partial charge in [0.1, 0.15) is 0 Å². The van der Waals surface area contributed by atoms with Crippen LogP contribution in [0.25, 0.3) is 11.1 Å². The average molecular weight is 429 g/mol. The second kappa shape index (κ2) is 9.12. The summed E-state index contributed by atoms with van der Waals surface area (Å²) in [4.78, 5) is 0.136. The number of nitrogens with one attached hydrogen (secondary N) is 2. The van der Waals surface area contributed by atoms with Gasteiger partial charge in [0.15, 0.2) is 0 Å². The Bertz CT molecular complexity index is 900. The van der Waals surface area contributed by atoms with E-state index < -0.39 is 32.3 Å². The fourth-order valence-electron chi connectivity index (χ4n) is 2.28. The minimum atomic E-state index is -3.71. The highest BCUT2D eigenvalue weighted by Crippen LogP contribution is 2.23. The van der Waals surface area contributed by atoms with Crippen molar-refractivity contribution < 1.29 is 27.0 Å². The van der Waals surface area contributed by atoms with E-state index in [0.29, 0.717) is 0 Å².